The van der Waals surface area contributed by atoms with E-state index in [1.165, 1.54) is 13.0 Å². The molecule has 0 rings (SSSR count). The summed E-state index contributed by atoms with van der Waals surface area (Å²) in [4.78, 5) is 10.4. The molecule has 0 radical (unpaired) electrons. The van der Waals surface area contributed by atoms with Crippen LogP contribution >= 0.6 is 0 Å². The maximum absolute atomic E-state index is 10.4. The lowest BCUT2D eigenvalue weighted by Crippen LogP contribution is -1.89. The molecule has 0 aliphatic carbocycles. The minimum atomic E-state index is 0.0963. The molecule has 0 aliphatic heterocycles. The Morgan fingerprint density at radius 2 is 2.22 bits per heavy atom. The third-order valence-electron chi connectivity index (χ3n) is 0.839. The molecule has 0 amide bonds. The summed E-state index contributed by atoms with van der Waals surface area (Å²) in [5, 5.41) is 8.11. The van der Waals surface area contributed by atoms with Gasteiger partial charge in [0, 0.05) is 12.5 Å². The number of hydrogen-bond acceptors (Lipinski definition) is 2. The first-order valence-electron chi connectivity index (χ1n) is 2.71. The van der Waals surface area contributed by atoms with Crippen molar-refractivity contribution in [3.8, 4) is 6.07 Å². The molecule has 0 unspecified atom stereocenters. The first-order valence-corrected chi connectivity index (χ1v) is 2.71. The summed E-state index contributed by atoms with van der Waals surface area (Å²) in [6, 6.07) is 1.86. The van der Waals surface area contributed by atoms with E-state index < -0.39 is 0 Å². The van der Waals surface area contributed by atoms with Gasteiger partial charge in [-0.25, -0.2) is 0 Å². The minimum absolute atomic E-state index is 0.0963. The van der Waals surface area contributed by atoms with Crippen molar-refractivity contribution in [2.75, 3.05) is 0 Å². The van der Waals surface area contributed by atoms with Gasteiger partial charge >= 0.3 is 0 Å². The van der Waals surface area contributed by atoms with Gasteiger partial charge in [-0.2, -0.15) is 5.26 Å². The van der Waals surface area contributed by atoms with Crippen LogP contribution in [0.15, 0.2) is 11.6 Å². The third kappa shape index (κ3) is 4.76. The van der Waals surface area contributed by atoms with Gasteiger partial charge in [-0.1, -0.05) is 5.57 Å². The molecule has 0 bridgehead atoms. The van der Waals surface area contributed by atoms with E-state index in [4.69, 9.17) is 5.26 Å². The average molecular weight is 123 g/mol. The average Bonchev–Trinajstić information content (AvgIpc) is 1.63. The molecule has 2 heteroatoms. The van der Waals surface area contributed by atoms with Crippen LogP contribution in [-0.2, 0) is 4.79 Å². The number of Topliss-reactive ketones (excluding diaryl/α,β-unsaturated/α-hetero) is 1. The number of nitriles is 1. The van der Waals surface area contributed by atoms with E-state index in [0.29, 0.717) is 6.42 Å². The Kier molecular flexibility index (Phi) is 3.38. The lowest BCUT2D eigenvalue weighted by molar-refractivity contribution is -0.116. The predicted octanol–water partition coefficient (Wildman–Crippen LogP) is 1.44. The Morgan fingerprint density at radius 3 is 2.56 bits per heavy atom. The number of ketones is 1. The van der Waals surface area contributed by atoms with Gasteiger partial charge in [0.2, 0.25) is 0 Å². The van der Waals surface area contributed by atoms with Crippen molar-refractivity contribution >= 4 is 5.78 Å². The van der Waals surface area contributed by atoms with Crippen LogP contribution < -0.4 is 0 Å². The predicted molar refractivity (Wildman–Crippen MR) is 34.7 cm³/mol. The summed E-state index contributed by atoms with van der Waals surface area (Å²) < 4.78 is 0. The second-order valence-electron chi connectivity index (χ2n) is 2.00. The van der Waals surface area contributed by atoms with E-state index in [0.717, 1.165) is 5.57 Å². The molecule has 0 aromatic heterocycles. The minimum Gasteiger partial charge on any atom is -0.300 e. The van der Waals surface area contributed by atoms with Gasteiger partial charge in [0.15, 0.2) is 0 Å². The van der Waals surface area contributed by atoms with Crippen molar-refractivity contribution in [1.29, 1.82) is 5.26 Å². The van der Waals surface area contributed by atoms with Gasteiger partial charge in [-0.3, -0.25) is 4.79 Å². The van der Waals surface area contributed by atoms with E-state index in [9.17, 15) is 4.79 Å². The van der Waals surface area contributed by atoms with Crippen LogP contribution in [0.5, 0.6) is 0 Å². The van der Waals surface area contributed by atoms with Crippen LogP contribution in [0.2, 0.25) is 0 Å². The summed E-state index contributed by atoms with van der Waals surface area (Å²) in [5.41, 5.74) is 0.824. The van der Waals surface area contributed by atoms with Crippen LogP contribution in [0.4, 0.5) is 0 Å². The van der Waals surface area contributed by atoms with E-state index >= 15 is 0 Å². The summed E-state index contributed by atoms with van der Waals surface area (Å²) in [6.45, 7) is 3.28. The van der Waals surface area contributed by atoms with Crippen molar-refractivity contribution in [3.05, 3.63) is 11.6 Å². The smallest absolute Gasteiger partial charge is 0.133 e. The molecule has 0 aromatic carbocycles. The zero-order valence-corrected chi connectivity index (χ0v) is 5.64. The standard InChI is InChI=1S/C7H9NO/c1-6(3-4-8)5-7(2)9/h3H,5H2,1-2H3/b6-3+. The number of carbonyl (C=O) groups excluding carboxylic acids is 1. The van der Waals surface area contributed by atoms with Gasteiger partial charge in [0.05, 0.1) is 6.07 Å². The first kappa shape index (κ1) is 7.90. The fourth-order valence-corrected chi connectivity index (χ4v) is 0.554. The highest BCUT2D eigenvalue weighted by atomic mass is 16.1. The number of carbonyl (C=O) groups is 1. The second kappa shape index (κ2) is 3.85. The fraction of sp³-hybridized carbons (Fsp3) is 0.429. The van der Waals surface area contributed by atoms with Gasteiger partial charge in [0.1, 0.15) is 5.78 Å². The highest BCUT2D eigenvalue weighted by Crippen LogP contribution is 1.98. The molecule has 0 N–H and O–H groups in total. The van der Waals surface area contributed by atoms with Crippen LogP contribution in [-0.4, -0.2) is 5.78 Å². The van der Waals surface area contributed by atoms with Crippen LogP contribution in [0.25, 0.3) is 0 Å². The SMILES string of the molecule is CC(=O)C/C(C)=C/C#N. The molecule has 0 saturated carbocycles. The molecule has 9 heavy (non-hydrogen) atoms. The van der Waals surface area contributed by atoms with Gasteiger partial charge < -0.3 is 0 Å². The highest BCUT2D eigenvalue weighted by molar-refractivity contribution is 5.78. The van der Waals surface area contributed by atoms with Crippen LogP contribution in [0, 0.1) is 11.3 Å². The van der Waals surface area contributed by atoms with E-state index in [2.05, 4.69) is 0 Å². The first-order chi connectivity index (χ1) is 4.16. The Hall–Kier alpha value is -1.10. The van der Waals surface area contributed by atoms with Crippen LogP contribution in [0.1, 0.15) is 20.3 Å². The van der Waals surface area contributed by atoms with Crippen molar-refractivity contribution in [3.63, 3.8) is 0 Å². The lowest BCUT2D eigenvalue weighted by Gasteiger charge is -1.89. The van der Waals surface area contributed by atoms with E-state index in [-0.39, 0.29) is 5.78 Å². The van der Waals surface area contributed by atoms with Crippen molar-refractivity contribution in [2.45, 2.75) is 20.3 Å². The summed E-state index contributed by atoms with van der Waals surface area (Å²) in [7, 11) is 0. The van der Waals surface area contributed by atoms with Gasteiger partial charge in [0.25, 0.3) is 0 Å². The van der Waals surface area contributed by atoms with Crippen LogP contribution in [0.3, 0.4) is 0 Å². The molecule has 2 nitrogen and oxygen atoms in total. The Balaban J connectivity index is 3.80. The molecule has 0 fully saturated rings. The summed E-state index contributed by atoms with van der Waals surface area (Å²) in [5.74, 6) is 0.0963. The zero-order chi connectivity index (χ0) is 7.28. The Bertz CT molecular complexity index is 174. The number of hydrogen-bond donors (Lipinski definition) is 0. The number of allylic oxidation sites excluding steroid dienone is 2. The maximum atomic E-state index is 10.4. The fourth-order valence-electron chi connectivity index (χ4n) is 0.554. The topological polar surface area (TPSA) is 40.9 Å². The van der Waals surface area contributed by atoms with Gasteiger partial charge in [-0.15, -0.1) is 0 Å². The molecule has 0 atom stereocenters. The maximum Gasteiger partial charge on any atom is 0.133 e. The van der Waals surface area contributed by atoms with Crippen molar-refractivity contribution in [2.24, 2.45) is 0 Å². The summed E-state index contributed by atoms with van der Waals surface area (Å²) in [6.07, 6.45) is 1.79. The third-order valence-corrected chi connectivity index (χ3v) is 0.839. The zero-order valence-electron chi connectivity index (χ0n) is 5.64. The molecular formula is C7H9NO. The molecular weight excluding hydrogens is 114 g/mol. The molecule has 0 heterocycles. The summed E-state index contributed by atoms with van der Waals surface area (Å²) >= 11 is 0. The molecule has 0 spiro atoms. The molecule has 0 aromatic rings. The van der Waals surface area contributed by atoms with E-state index in [1.54, 1.807) is 6.92 Å². The monoisotopic (exact) mass is 123 g/mol. The molecule has 0 aliphatic rings. The normalized spacial score (nSPS) is 10.6. The van der Waals surface area contributed by atoms with Crippen molar-refractivity contribution in [1.82, 2.24) is 0 Å². The number of rotatable bonds is 2. The van der Waals surface area contributed by atoms with Crippen molar-refractivity contribution < 1.29 is 4.79 Å². The largest absolute Gasteiger partial charge is 0.300 e. The highest BCUT2D eigenvalue weighted by Gasteiger charge is 1.92. The van der Waals surface area contributed by atoms with E-state index in [1.807, 2.05) is 6.07 Å². The lowest BCUT2D eigenvalue weighted by atomic mass is 10.1. The Morgan fingerprint density at radius 1 is 1.67 bits per heavy atom. The Labute approximate surface area is 54.8 Å². The number of nitrogens with zero attached hydrogens (tertiary/aromatic N) is 1. The quantitative estimate of drug-likeness (QED) is 0.521. The molecule has 0 saturated heterocycles. The van der Waals surface area contributed by atoms with Gasteiger partial charge in [-0.05, 0) is 13.8 Å². The molecule has 48 valence electrons. The second-order valence-corrected chi connectivity index (χ2v) is 2.00.